The lowest BCUT2D eigenvalue weighted by Gasteiger charge is -2.22. The maximum absolute atomic E-state index is 10.1. The van der Waals surface area contributed by atoms with E-state index in [4.69, 9.17) is 0 Å². The van der Waals surface area contributed by atoms with Gasteiger partial charge in [-0.25, -0.2) is 0 Å². The second-order valence-corrected chi connectivity index (χ2v) is 6.22. The van der Waals surface area contributed by atoms with E-state index in [1.807, 2.05) is 18.7 Å². The number of aliphatic hydroxyl groups is 1. The first-order valence-corrected chi connectivity index (χ1v) is 7.03. The summed E-state index contributed by atoms with van der Waals surface area (Å²) in [7, 11) is 1.98. The zero-order chi connectivity index (χ0) is 14.2. The van der Waals surface area contributed by atoms with Crippen LogP contribution in [0.25, 0.3) is 0 Å². The fraction of sp³-hybridized carbons (Fsp3) is 0.786. The molecule has 1 unspecified atom stereocenters. The second kappa shape index (κ2) is 5.13. The molecule has 0 saturated carbocycles. The lowest BCUT2D eigenvalue weighted by atomic mass is 10.1. The van der Waals surface area contributed by atoms with Crippen molar-refractivity contribution in [3.63, 3.8) is 0 Å². The minimum Gasteiger partial charge on any atom is -0.388 e. The van der Waals surface area contributed by atoms with Crippen LogP contribution < -0.4 is 10.2 Å². The van der Waals surface area contributed by atoms with Gasteiger partial charge in [0.15, 0.2) is 0 Å². The molecule has 108 valence electrons. The Morgan fingerprint density at radius 3 is 2.68 bits per heavy atom. The first kappa shape index (κ1) is 14.3. The van der Waals surface area contributed by atoms with Crippen LogP contribution in [0.3, 0.4) is 0 Å². The van der Waals surface area contributed by atoms with E-state index >= 15 is 0 Å². The van der Waals surface area contributed by atoms with Crippen LogP contribution in [0.4, 0.5) is 5.82 Å². The molecular formula is C14H26N4O. The summed E-state index contributed by atoms with van der Waals surface area (Å²) in [5.41, 5.74) is 1.73. The van der Waals surface area contributed by atoms with Crippen molar-refractivity contribution >= 4 is 5.82 Å². The first-order chi connectivity index (χ1) is 8.80. The quantitative estimate of drug-likeness (QED) is 0.859. The Bertz CT molecular complexity index is 451. The summed E-state index contributed by atoms with van der Waals surface area (Å²) in [4.78, 5) is 2.25. The van der Waals surface area contributed by atoms with Gasteiger partial charge in [-0.05, 0) is 20.3 Å². The topological polar surface area (TPSA) is 53.3 Å². The van der Waals surface area contributed by atoms with Gasteiger partial charge in [0.1, 0.15) is 5.82 Å². The summed E-state index contributed by atoms with van der Waals surface area (Å²) in [5, 5.41) is 18.1. The van der Waals surface area contributed by atoms with Crippen molar-refractivity contribution in [2.45, 2.75) is 52.3 Å². The third kappa shape index (κ3) is 3.09. The highest BCUT2D eigenvalue weighted by molar-refractivity contribution is 5.51. The fourth-order valence-corrected chi connectivity index (χ4v) is 2.72. The fourth-order valence-electron chi connectivity index (χ4n) is 2.72. The van der Waals surface area contributed by atoms with Gasteiger partial charge in [0.05, 0.1) is 11.3 Å². The van der Waals surface area contributed by atoms with E-state index in [1.165, 1.54) is 5.56 Å². The highest BCUT2D eigenvalue weighted by Gasteiger charge is 2.34. The number of hydrogen-bond donors (Lipinski definition) is 2. The third-order valence-corrected chi connectivity index (χ3v) is 3.75. The van der Waals surface area contributed by atoms with Crippen molar-refractivity contribution < 1.29 is 5.11 Å². The van der Waals surface area contributed by atoms with Crippen LogP contribution >= 0.6 is 0 Å². The van der Waals surface area contributed by atoms with Crippen molar-refractivity contribution in [3.8, 4) is 0 Å². The average molecular weight is 266 g/mol. The van der Waals surface area contributed by atoms with Gasteiger partial charge >= 0.3 is 0 Å². The van der Waals surface area contributed by atoms with Gasteiger partial charge in [-0.2, -0.15) is 5.10 Å². The van der Waals surface area contributed by atoms with Crippen molar-refractivity contribution in [3.05, 3.63) is 11.3 Å². The Labute approximate surface area is 115 Å². The monoisotopic (exact) mass is 266 g/mol. The molecule has 19 heavy (non-hydrogen) atoms. The number of rotatable bonds is 4. The molecule has 0 aliphatic carbocycles. The van der Waals surface area contributed by atoms with E-state index in [-0.39, 0.29) is 0 Å². The average Bonchev–Trinajstić information content (AvgIpc) is 2.75. The van der Waals surface area contributed by atoms with Crippen molar-refractivity contribution in [2.75, 3.05) is 18.0 Å². The van der Waals surface area contributed by atoms with E-state index in [0.717, 1.165) is 31.0 Å². The Kier molecular flexibility index (Phi) is 3.87. The molecule has 2 rings (SSSR count). The lowest BCUT2D eigenvalue weighted by Crippen LogP contribution is -2.31. The first-order valence-electron chi connectivity index (χ1n) is 7.03. The summed E-state index contributed by atoms with van der Waals surface area (Å²) >= 11 is 0. The van der Waals surface area contributed by atoms with Crippen molar-refractivity contribution in [1.29, 1.82) is 0 Å². The number of β-amino-alcohol motifs (C(OH)–C–C–N with tert-alkyl or cyclic N) is 1. The van der Waals surface area contributed by atoms with E-state index in [0.29, 0.717) is 12.6 Å². The van der Waals surface area contributed by atoms with Gasteiger partial charge < -0.3 is 15.3 Å². The van der Waals surface area contributed by atoms with Gasteiger partial charge in [0.2, 0.25) is 0 Å². The zero-order valence-electron chi connectivity index (χ0n) is 12.7. The summed E-state index contributed by atoms with van der Waals surface area (Å²) < 4.78 is 1.94. The second-order valence-electron chi connectivity index (χ2n) is 6.22. The zero-order valence-corrected chi connectivity index (χ0v) is 12.7. The number of nitrogens with zero attached hydrogens (tertiary/aromatic N) is 3. The molecule has 2 heterocycles. The molecule has 1 aromatic heterocycles. The third-order valence-electron chi connectivity index (χ3n) is 3.75. The van der Waals surface area contributed by atoms with Crippen LogP contribution in [0.2, 0.25) is 0 Å². The summed E-state index contributed by atoms with van der Waals surface area (Å²) in [6, 6.07) is 0.453. The highest BCUT2D eigenvalue weighted by atomic mass is 16.3. The summed E-state index contributed by atoms with van der Waals surface area (Å²) in [6.07, 6.45) is 0.814. The van der Waals surface area contributed by atoms with E-state index in [1.54, 1.807) is 0 Å². The highest BCUT2D eigenvalue weighted by Crippen LogP contribution is 2.30. The molecule has 1 aromatic rings. The van der Waals surface area contributed by atoms with Crippen LogP contribution in [0, 0.1) is 6.92 Å². The number of aromatic nitrogens is 2. The van der Waals surface area contributed by atoms with Crippen LogP contribution in [-0.2, 0) is 13.6 Å². The van der Waals surface area contributed by atoms with Gasteiger partial charge in [0, 0.05) is 38.3 Å². The van der Waals surface area contributed by atoms with Crippen LogP contribution in [0.15, 0.2) is 0 Å². The smallest absolute Gasteiger partial charge is 0.131 e. The standard InChI is InChI=1S/C14H26N4O/c1-10(2)15-8-12-11(3)16-17(5)13(12)18-7-6-14(4,19)9-18/h10,15,19H,6-9H2,1-5H3. The molecule has 2 N–H and O–H groups in total. The molecule has 1 atom stereocenters. The number of anilines is 1. The molecule has 5 nitrogen and oxygen atoms in total. The SMILES string of the molecule is Cc1nn(C)c(N2CCC(C)(O)C2)c1CNC(C)C. The molecule has 0 aromatic carbocycles. The van der Waals surface area contributed by atoms with Crippen LogP contribution in [-0.4, -0.2) is 39.6 Å². The summed E-state index contributed by atoms with van der Waals surface area (Å²) in [6.45, 7) is 10.6. The molecule has 1 aliphatic rings. The Balaban J connectivity index is 2.24. The number of nitrogens with one attached hydrogen (secondary N) is 1. The van der Waals surface area contributed by atoms with E-state index in [2.05, 4.69) is 36.1 Å². The normalized spacial score (nSPS) is 23.6. The Hall–Kier alpha value is -1.07. The lowest BCUT2D eigenvalue weighted by molar-refractivity contribution is 0.0838. The minimum atomic E-state index is -0.582. The maximum atomic E-state index is 10.1. The van der Waals surface area contributed by atoms with Gasteiger partial charge in [0.25, 0.3) is 0 Å². The predicted molar refractivity (Wildman–Crippen MR) is 77.4 cm³/mol. The predicted octanol–water partition coefficient (Wildman–Crippen LogP) is 1.19. The maximum Gasteiger partial charge on any atom is 0.131 e. The molecule has 0 radical (unpaired) electrons. The van der Waals surface area contributed by atoms with Crippen molar-refractivity contribution in [1.82, 2.24) is 15.1 Å². The van der Waals surface area contributed by atoms with Crippen LogP contribution in [0.1, 0.15) is 38.4 Å². The summed E-state index contributed by atoms with van der Waals surface area (Å²) in [5.74, 6) is 1.14. The molecule has 0 bridgehead atoms. The molecular weight excluding hydrogens is 240 g/mol. The van der Waals surface area contributed by atoms with Gasteiger partial charge in [-0.15, -0.1) is 0 Å². The number of hydrogen-bond acceptors (Lipinski definition) is 4. The molecule has 1 aliphatic heterocycles. The van der Waals surface area contributed by atoms with Crippen molar-refractivity contribution in [2.24, 2.45) is 7.05 Å². The molecule has 1 saturated heterocycles. The molecule has 5 heteroatoms. The minimum absolute atomic E-state index is 0.453. The Morgan fingerprint density at radius 1 is 1.47 bits per heavy atom. The molecule has 0 amide bonds. The van der Waals surface area contributed by atoms with Gasteiger partial charge in [-0.3, -0.25) is 4.68 Å². The number of aryl methyl sites for hydroxylation is 2. The van der Waals surface area contributed by atoms with Gasteiger partial charge in [-0.1, -0.05) is 13.8 Å². The van der Waals surface area contributed by atoms with E-state index in [9.17, 15) is 5.11 Å². The van der Waals surface area contributed by atoms with E-state index < -0.39 is 5.60 Å². The van der Waals surface area contributed by atoms with Crippen LogP contribution in [0.5, 0.6) is 0 Å². The molecule has 0 spiro atoms. The Morgan fingerprint density at radius 2 is 2.16 bits per heavy atom. The molecule has 1 fully saturated rings. The largest absolute Gasteiger partial charge is 0.388 e.